The van der Waals surface area contributed by atoms with E-state index in [1.807, 2.05) is 40.7 Å². The van der Waals surface area contributed by atoms with Crippen molar-refractivity contribution in [3.8, 4) is 0 Å². The Hall–Kier alpha value is -3.79. The van der Waals surface area contributed by atoms with Crippen LogP contribution in [-0.4, -0.2) is 67.7 Å². The number of likely N-dealkylation sites (tertiary alicyclic amines) is 1. The van der Waals surface area contributed by atoms with Crippen LogP contribution in [0.5, 0.6) is 0 Å². The summed E-state index contributed by atoms with van der Waals surface area (Å²) in [4.78, 5) is 36.7. The number of carbonyl (C=O) groups excluding carboxylic acids is 1. The van der Waals surface area contributed by atoms with Crippen molar-refractivity contribution in [2.45, 2.75) is 72.4 Å². The summed E-state index contributed by atoms with van der Waals surface area (Å²) >= 11 is 0. The van der Waals surface area contributed by atoms with Crippen molar-refractivity contribution >= 4 is 34.9 Å². The van der Waals surface area contributed by atoms with E-state index in [1.54, 1.807) is 21.6 Å². The molecule has 39 heavy (non-hydrogen) atoms. The minimum atomic E-state index is -0.218. The van der Waals surface area contributed by atoms with Gasteiger partial charge < -0.3 is 10.2 Å². The number of fused-ring (bicyclic) bond motifs is 1. The van der Waals surface area contributed by atoms with Gasteiger partial charge >= 0.3 is 0 Å². The molecule has 1 aliphatic rings. The summed E-state index contributed by atoms with van der Waals surface area (Å²) in [6.45, 7) is 13.8. The van der Waals surface area contributed by atoms with E-state index < -0.39 is 0 Å². The van der Waals surface area contributed by atoms with Crippen LogP contribution < -0.4 is 10.9 Å². The van der Waals surface area contributed by atoms with Crippen molar-refractivity contribution in [1.82, 2.24) is 29.2 Å². The lowest BCUT2D eigenvalue weighted by atomic mass is 9.87. The predicted octanol–water partition coefficient (Wildman–Crippen LogP) is 4.64. The quantitative estimate of drug-likeness (QED) is 0.196. The molecule has 3 heterocycles. The third kappa shape index (κ3) is 5.95. The number of carbonyl (C=O) groups is 1. The third-order valence-corrected chi connectivity index (χ3v) is 7.18. The average Bonchev–Trinajstić information content (AvgIpc) is 3.19. The molecule has 4 rings (SSSR count). The van der Waals surface area contributed by atoms with Crippen molar-refractivity contribution in [2.75, 3.05) is 25.5 Å². The first-order valence-electron chi connectivity index (χ1n) is 13.7. The van der Waals surface area contributed by atoms with Gasteiger partial charge in [-0.1, -0.05) is 12.1 Å². The maximum Gasteiger partial charge on any atom is 0.278 e. The van der Waals surface area contributed by atoms with E-state index >= 15 is 0 Å². The Kier molecular flexibility index (Phi) is 8.64. The van der Waals surface area contributed by atoms with Crippen LogP contribution in [0.1, 0.15) is 70.5 Å². The Morgan fingerprint density at radius 3 is 2.51 bits per heavy atom. The van der Waals surface area contributed by atoms with Crippen molar-refractivity contribution in [2.24, 2.45) is 5.10 Å². The van der Waals surface area contributed by atoms with Crippen LogP contribution in [-0.2, 0) is 4.79 Å². The Bertz CT molecular complexity index is 1440. The highest BCUT2D eigenvalue weighted by Crippen LogP contribution is 2.31. The molecule has 1 aliphatic heterocycles. The third-order valence-electron chi connectivity index (χ3n) is 7.18. The minimum absolute atomic E-state index is 0.156. The van der Waals surface area contributed by atoms with E-state index in [-0.39, 0.29) is 17.6 Å². The topological polar surface area (TPSA) is 101 Å². The second-order valence-corrected chi connectivity index (χ2v) is 10.8. The fourth-order valence-corrected chi connectivity index (χ4v) is 5.08. The molecule has 0 saturated carbocycles. The molecule has 0 bridgehead atoms. The molecule has 1 aromatic carbocycles. The van der Waals surface area contributed by atoms with Gasteiger partial charge in [0.15, 0.2) is 11.5 Å². The molecule has 10 nitrogen and oxygen atoms in total. The molecule has 10 heteroatoms. The Morgan fingerprint density at radius 1 is 1.21 bits per heavy atom. The number of aromatic nitrogens is 4. The van der Waals surface area contributed by atoms with Crippen molar-refractivity contribution in [3.63, 3.8) is 0 Å². The largest absolute Gasteiger partial charge is 0.324 e. The fraction of sp³-hybridized carbons (Fsp3) is 0.483. The summed E-state index contributed by atoms with van der Waals surface area (Å²) in [5.41, 5.74) is 3.71. The maximum absolute atomic E-state index is 13.4. The number of rotatable bonds is 8. The van der Waals surface area contributed by atoms with Crippen molar-refractivity contribution in [3.05, 3.63) is 58.0 Å². The van der Waals surface area contributed by atoms with Crippen LogP contribution in [0.3, 0.4) is 0 Å². The van der Waals surface area contributed by atoms with Crippen LogP contribution >= 0.6 is 0 Å². The summed E-state index contributed by atoms with van der Waals surface area (Å²) in [6, 6.07) is 6.06. The van der Waals surface area contributed by atoms with E-state index in [0.29, 0.717) is 35.1 Å². The van der Waals surface area contributed by atoms with Gasteiger partial charge in [0.25, 0.3) is 5.56 Å². The van der Waals surface area contributed by atoms with Crippen LogP contribution in [0.4, 0.5) is 11.6 Å². The Morgan fingerprint density at radius 2 is 1.92 bits per heavy atom. The summed E-state index contributed by atoms with van der Waals surface area (Å²) < 4.78 is 3.26. The lowest BCUT2D eigenvalue weighted by Gasteiger charge is -2.30. The van der Waals surface area contributed by atoms with E-state index in [1.165, 1.54) is 29.0 Å². The molecule has 1 fully saturated rings. The van der Waals surface area contributed by atoms with E-state index in [2.05, 4.69) is 52.5 Å². The molecule has 3 aromatic rings. The number of anilines is 2. The van der Waals surface area contributed by atoms with Gasteiger partial charge in [0.05, 0.1) is 0 Å². The first kappa shape index (κ1) is 28.2. The normalized spacial score (nSPS) is 15.7. The first-order valence-corrected chi connectivity index (χ1v) is 13.7. The molecule has 0 aliphatic carbocycles. The van der Waals surface area contributed by atoms with Crippen LogP contribution in [0, 0.1) is 6.92 Å². The van der Waals surface area contributed by atoms with Gasteiger partial charge in [0.1, 0.15) is 5.39 Å². The zero-order valence-corrected chi connectivity index (χ0v) is 24.0. The Labute approximate surface area is 230 Å². The van der Waals surface area contributed by atoms with Gasteiger partial charge in [0, 0.05) is 24.0 Å². The number of amides is 1. The smallest absolute Gasteiger partial charge is 0.278 e. The highest BCUT2D eigenvalue weighted by atomic mass is 16.1. The standard InChI is InChI=1S/C29H40N8O2/c1-8-9-26(33-35(18-38)19(2)3)37-27-25(28(39)36(37)20(4)5)17-30-29(32-27)31-23-10-11-24(21(6)16-23)22-12-14-34(7)15-13-22/h8-11,16-20,22H,12-15H2,1-7H3,(H,30,31,32)/b9-8-,33-26+. The number of hydrogen-bond donors (Lipinski definition) is 1. The number of allylic oxidation sites excluding steroid dienone is 2. The van der Waals surface area contributed by atoms with Gasteiger partial charge in [0.2, 0.25) is 12.4 Å². The second-order valence-electron chi connectivity index (χ2n) is 10.8. The van der Waals surface area contributed by atoms with Crippen molar-refractivity contribution in [1.29, 1.82) is 0 Å². The monoisotopic (exact) mass is 532 g/mol. The van der Waals surface area contributed by atoms with Gasteiger partial charge in [-0.15, -0.1) is 0 Å². The molecule has 1 amide bonds. The number of hydrogen-bond acceptors (Lipinski definition) is 7. The number of hydrazone groups is 1. The molecule has 1 saturated heterocycles. The number of piperidine rings is 1. The number of nitrogens with one attached hydrogen (secondary N) is 1. The number of benzene rings is 1. The average molecular weight is 533 g/mol. The fourth-order valence-electron chi connectivity index (χ4n) is 5.08. The minimum Gasteiger partial charge on any atom is -0.324 e. The Balaban J connectivity index is 1.75. The molecule has 208 valence electrons. The molecule has 0 unspecified atom stereocenters. The number of nitrogens with zero attached hydrogens (tertiary/aromatic N) is 7. The molecule has 1 N–H and O–H groups in total. The zero-order chi connectivity index (χ0) is 28.3. The molecule has 2 aromatic heterocycles. The predicted molar refractivity (Wildman–Crippen MR) is 157 cm³/mol. The lowest BCUT2D eigenvalue weighted by Crippen LogP contribution is -2.32. The molecular formula is C29H40N8O2. The van der Waals surface area contributed by atoms with Gasteiger partial charge in [-0.3, -0.25) is 9.59 Å². The SMILES string of the molecule is C/C=C\C(=N/N(C=O)C(C)C)n1c2nc(Nc3ccc(C4CCN(C)CC4)c(C)c3)ncc2c(=O)n1C(C)C. The van der Waals surface area contributed by atoms with Crippen molar-refractivity contribution < 1.29 is 4.79 Å². The lowest BCUT2D eigenvalue weighted by molar-refractivity contribution is -0.119. The van der Waals surface area contributed by atoms with E-state index in [0.717, 1.165) is 18.8 Å². The van der Waals surface area contributed by atoms with E-state index in [4.69, 9.17) is 4.98 Å². The number of aryl methyl sites for hydroxylation is 1. The van der Waals surface area contributed by atoms with Gasteiger partial charge in [-0.2, -0.15) is 10.1 Å². The molecule has 0 spiro atoms. The summed E-state index contributed by atoms with van der Waals surface area (Å²) in [7, 11) is 2.18. The van der Waals surface area contributed by atoms with Crippen LogP contribution in [0.15, 0.2) is 46.4 Å². The van der Waals surface area contributed by atoms with Crippen LogP contribution in [0.25, 0.3) is 11.0 Å². The molecular weight excluding hydrogens is 492 g/mol. The summed E-state index contributed by atoms with van der Waals surface area (Å²) in [5.74, 6) is 1.36. The van der Waals surface area contributed by atoms with Gasteiger partial charge in [-0.25, -0.2) is 19.4 Å². The highest BCUT2D eigenvalue weighted by Gasteiger charge is 2.22. The molecule has 0 atom stereocenters. The summed E-state index contributed by atoms with van der Waals surface area (Å²) in [5, 5.41) is 9.58. The maximum atomic E-state index is 13.4. The second kappa shape index (κ2) is 11.9. The summed E-state index contributed by atoms with van der Waals surface area (Å²) in [6.07, 6.45) is 8.15. The van der Waals surface area contributed by atoms with Gasteiger partial charge in [-0.05, 0) is 110 Å². The van der Waals surface area contributed by atoms with E-state index in [9.17, 15) is 9.59 Å². The molecule has 0 radical (unpaired) electrons. The van der Waals surface area contributed by atoms with Crippen LogP contribution in [0.2, 0.25) is 0 Å². The zero-order valence-electron chi connectivity index (χ0n) is 24.0. The first-order chi connectivity index (χ1) is 18.6. The highest BCUT2D eigenvalue weighted by molar-refractivity contribution is 5.99.